The number of rotatable bonds is 1. The second-order valence-corrected chi connectivity index (χ2v) is 10.9. The summed E-state index contributed by atoms with van der Waals surface area (Å²) in [5.41, 5.74) is 0. The van der Waals surface area contributed by atoms with E-state index in [9.17, 15) is 9.59 Å². The van der Waals surface area contributed by atoms with Gasteiger partial charge >= 0.3 is 11.9 Å². The van der Waals surface area contributed by atoms with Gasteiger partial charge in [0.05, 0.1) is 0 Å². The van der Waals surface area contributed by atoms with Crippen LogP contribution in [0.5, 0.6) is 0 Å². The maximum absolute atomic E-state index is 12.7. The van der Waals surface area contributed by atoms with E-state index in [2.05, 4.69) is 12.2 Å². The zero-order valence-corrected chi connectivity index (χ0v) is 22.6. The number of ether oxygens (including phenoxy) is 2. The van der Waals surface area contributed by atoms with E-state index in [0.29, 0.717) is 19.3 Å². The lowest BCUT2D eigenvalue weighted by molar-refractivity contribution is -0.168. The summed E-state index contributed by atoms with van der Waals surface area (Å²) in [5, 5.41) is 0. The van der Waals surface area contributed by atoms with Crippen LogP contribution in [0.1, 0.15) is 161 Å². The number of hydrogen-bond donors (Lipinski definition) is 0. The van der Waals surface area contributed by atoms with Crippen molar-refractivity contribution in [2.75, 3.05) is 0 Å². The smallest absolute Gasteiger partial charge is 0.306 e. The molecule has 2 heterocycles. The van der Waals surface area contributed by atoms with Crippen LogP contribution in [-0.2, 0) is 19.1 Å². The highest BCUT2D eigenvalue weighted by atomic mass is 16.6. The van der Waals surface area contributed by atoms with Gasteiger partial charge in [0, 0.05) is 19.3 Å². The normalized spacial score (nSPS) is 27.3. The Morgan fingerprint density at radius 2 is 0.857 bits per heavy atom. The minimum atomic E-state index is -0.363. The molecule has 4 heteroatoms. The van der Waals surface area contributed by atoms with Crippen LogP contribution in [0.2, 0.25) is 0 Å². The van der Waals surface area contributed by atoms with Gasteiger partial charge < -0.3 is 9.47 Å². The molecule has 0 aliphatic carbocycles. The van der Waals surface area contributed by atoms with Gasteiger partial charge in [0.25, 0.3) is 0 Å². The molecule has 202 valence electrons. The van der Waals surface area contributed by atoms with E-state index >= 15 is 0 Å². The lowest BCUT2D eigenvalue weighted by atomic mass is 10.0. The zero-order valence-electron chi connectivity index (χ0n) is 22.6. The molecule has 1 fully saturated rings. The summed E-state index contributed by atoms with van der Waals surface area (Å²) >= 11 is 0. The highest BCUT2D eigenvalue weighted by Gasteiger charge is 2.27. The Balaban J connectivity index is 2.00. The predicted molar refractivity (Wildman–Crippen MR) is 144 cm³/mol. The first-order valence-electron chi connectivity index (χ1n) is 15.3. The highest BCUT2D eigenvalue weighted by Crippen LogP contribution is 2.22. The second-order valence-electron chi connectivity index (χ2n) is 10.9. The average molecular weight is 491 g/mol. The average Bonchev–Trinajstić information content (AvgIpc) is 2.84. The summed E-state index contributed by atoms with van der Waals surface area (Å²) in [5.74, 6) is -0.249. The molecule has 2 aliphatic rings. The Morgan fingerprint density at radius 1 is 0.457 bits per heavy atom. The first-order valence-corrected chi connectivity index (χ1v) is 15.3. The molecule has 2 rings (SSSR count). The van der Waals surface area contributed by atoms with Gasteiger partial charge in [-0.05, 0) is 38.5 Å². The van der Waals surface area contributed by atoms with E-state index in [1.807, 2.05) is 0 Å². The molecular weight excluding hydrogens is 436 g/mol. The minimum Gasteiger partial charge on any atom is -0.458 e. The number of esters is 2. The second kappa shape index (κ2) is 20.8. The standard InChI is InChI=1S/C31H54O4/c32-30-26-22-18-14-10-6-2-1-4-8-12-16-20-24-28(34-30)29-25-21-17-13-9-5-3-7-11-15-19-23-27-31(33)35-29/h17,21,28-29H,1-16,18-20,22-27H2. The van der Waals surface area contributed by atoms with Crippen LogP contribution >= 0.6 is 0 Å². The monoisotopic (exact) mass is 490 g/mol. The third kappa shape index (κ3) is 16.1. The van der Waals surface area contributed by atoms with Crippen molar-refractivity contribution in [3.8, 4) is 0 Å². The molecule has 0 amide bonds. The molecule has 0 spiro atoms. The molecule has 0 radical (unpaired) electrons. The third-order valence-electron chi connectivity index (χ3n) is 7.64. The van der Waals surface area contributed by atoms with Crippen LogP contribution in [0.15, 0.2) is 12.2 Å². The molecule has 35 heavy (non-hydrogen) atoms. The van der Waals surface area contributed by atoms with Crippen molar-refractivity contribution in [2.45, 2.75) is 173 Å². The van der Waals surface area contributed by atoms with Crippen LogP contribution in [0.4, 0.5) is 0 Å². The van der Waals surface area contributed by atoms with Crippen molar-refractivity contribution in [3.63, 3.8) is 0 Å². The van der Waals surface area contributed by atoms with Gasteiger partial charge in [-0.1, -0.05) is 115 Å². The SMILES string of the molecule is O=C1CCCCCCCCCCC=CCC(C2CCCCCCCCCCCCCCC(=O)O2)O1. The van der Waals surface area contributed by atoms with E-state index in [1.54, 1.807) is 0 Å². The lowest BCUT2D eigenvalue weighted by Crippen LogP contribution is -2.35. The van der Waals surface area contributed by atoms with Gasteiger partial charge in [-0.15, -0.1) is 0 Å². The molecule has 0 aromatic heterocycles. The van der Waals surface area contributed by atoms with Crippen molar-refractivity contribution >= 4 is 11.9 Å². The van der Waals surface area contributed by atoms with Crippen molar-refractivity contribution < 1.29 is 19.1 Å². The molecule has 2 unspecified atom stereocenters. The highest BCUT2D eigenvalue weighted by molar-refractivity contribution is 5.70. The van der Waals surface area contributed by atoms with Gasteiger partial charge in [-0.25, -0.2) is 0 Å². The number of cyclic esters (lactones) is 2. The van der Waals surface area contributed by atoms with Gasteiger partial charge in [0.2, 0.25) is 0 Å². The van der Waals surface area contributed by atoms with Crippen LogP contribution in [0, 0.1) is 0 Å². The molecule has 2 aliphatic heterocycles. The third-order valence-corrected chi connectivity index (χ3v) is 7.64. The predicted octanol–water partition coefficient (Wildman–Crippen LogP) is 9.15. The van der Waals surface area contributed by atoms with E-state index in [0.717, 1.165) is 51.4 Å². The van der Waals surface area contributed by atoms with Gasteiger partial charge in [-0.3, -0.25) is 9.59 Å². The number of carbonyl (C=O) groups is 2. The Hall–Kier alpha value is -1.32. The molecule has 0 saturated carbocycles. The summed E-state index contributed by atoms with van der Waals surface area (Å²) in [6.45, 7) is 0. The van der Waals surface area contributed by atoms with Crippen molar-refractivity contribution in [2.24, 2.45) is 0 Å². The summed E-state index contributed by atoms with van der Waals surface area (Å²) in [6.07, 6.45) is 31.3. The number of carbonyl (C=O) groups excluding carboxylic acids is 2. The fraction of sp³-hybridized carbons (Fsp3) is 0.871. The van der Waals surface area contributed by atoms with Crippen LogP contribution in [-0.4, -0.2) is 24.1 Å². The Labute approximate surface area is 216 Å². The molecule has 0 aromatic carbocycles. The quantitative estimate of drug-likeness (QED) is 0.271. The Morgan fingerprint density at radius 3 is 1.37 bits per heavy atom. The summed E-state index contributed by atoms with van der Waals surface area (Å²) in [4.78, 5) is 25.4. The van der Waals surface area contributed by atoms with Crippen molar-refractivity contribution in [1.82, 2.24) is 0 Å². The van der Waals surface area contributed by atoms with Gasteiger partial charge in [-0.2, -0.15) is 0 Å². The number of allylic oxidation sites excluding steroid dienone is 1. The summed E-state index contributed by atoms with van der Waals surface area (Å²) in [6, 6.07) is 0. The maximum atomic E-state index is 12.7. The van der Waals surface area contributed by atoms with Crippen LogP contribution in [0.25, 0.3) is 0 Å². The first kappa shape index (κ1) is 29.9. The van der Waals surface area contributed by atoms with E-state index in [4.69, 9.17) is 9.47 Å². The fourth-order valence-electron chi connectivity index (χ4n) is 5.38. The zero-order chi connectivity index (χ0) is 24.8. The molecule has 0 aromatic rings. The largest absolute Gasteiger partial charge is 0.458 e. The number of hydrogen-bond acceptors (Lipinski definition) is 4. The fourth-order valence-corrected chi connectivity index (χ4v) is 5.38. The van der Waals surface area contributed by atoms with E-state index in [-0.39, 0.29) is 24.1 Å². The molecule has 2 atom stereocenters. The van der Waals surface area contributed by atoms with Crippen LogP contribution in [0.3, 0.4) is 0 Å². The molecule has 0 N–H and O–H groups in total. The molecular formula is C31H54O4. The molecule has 1 saturated heterocycles. The minimum absolute atomic E-state index is 0.119. The Kier molecular flexibility index (Phi) is 17.8. The Bertz CT molecular complexity index is 570. The van der Waals surface area contributed by atoms with Crippen molar-refractivity contribution in [1.29, 1.82) is 0 Å². The summed E-state index contributed by atoms with van der Waals surface area (Å²) in [7, 11) is 0. The van der Waals surface area contributed by atoms with Gasteiger partial charge in [0.15, 0.2) is 0 Å². The van der Waals surface area contributed by atoms with E-state index < -0.39 is 0 Å². The van der Waals surface area contributed by atoms with Gasteiger partial charge in [0.1, 0.15) is 12.2 Å². The maximum Gasteiger partial charge on any atom is 0.306 e. The first-order chi connectivity index (χ1) is 17.3. The van der Waals surface area contributed by atoms with Crippen LogP contribution < -0.4 is 0 Å². The molecule has 0 bridgehead atoms. The topological polar surface area (TPSA) is 52.6 Å². The summed E-state index contributed by atoms with van der Waals surface area (Å²) < 4.78 is 12.0. The molecule has 4 nitrogen and oxygen atoms in total. The van der Waals surface area contributed by atoms with Crippen molar-refractivity contribution in [3.05, 3.63) is 12.2 Å². The lowest BCUT2D eigenvalue weighted by Gasteiger charge is -2.27. The van der Waals surface area contributed by atoms with E-state index in [1.165, 1.54) is 89.9 Å².